The number of hydrogen-bond acceptors (Lipinski definition) is 5. The topological polar surface area (TPSA) is 58.1 Å². The maximum atomic E-state index is 5.40. The zero-order chi connectivity index (χ0) is 20.3. The van der Waals surface area contributed by atoms with Crippen LogP contribution < -0.4 is 15.4 Å². The van der Waals surface area contributed by atoms with E-state index in [9.17, 15) is 0 Å². The van der Waals surface area contributed by atoms with Crippen molar-refractivity contribution in [3.8, 4) is 16.2 Å². The van der Waals surface area contributed by atoms with Crippen molar-refractivity contribution >= 4 is 41.3 Å². The van der Waals surface area contributed by atoms with E-state index in [2.05, 4.69) is 46.7 Å². The Labute approximate surface area is 201 Å². The summed E-state index contributed by atoms with van der Waals surface area (Å²) in [5.74, 6) is 1.76. The molecule has 1 aliphatic rings. The lowest BCUT2D eigenvalue weighted by molar-refractivity contribution is 0.0376. The third-order valence-corrected chi connectivity index (χ3v) is 5.94. The molecule has 1 aromatic carbocycles. The number of methoxy groups -OCH3 is 1. The number of hydrogen-bond donors (Lipinski definition) is 2. The lowest BCUT2D eigenvalue weighted by atomic mass is 10.2. The van der Waals surface area contributed by atoms with Gasteiger partial charge in [-0.05, 0) is 61.9 Å². The van der Waals surface area contributed by atoms with Crippen molar-refractivity contribution < 1.29 is 9.47 Å². The number of halogens is 1. The van der Waals surface area contributed by atoms with Crippen molar-refractivity contribution in [3.05, 3.63) is 41.3 Å². The Morgan fingerprint density at radius 3 is 2.60 bits per heavy atom. The summed E-state index contributed by atoms with van der Waals surface area (Å²) in [4.78, 5) is 9.72. The van der Waals surface area contributed by atoms with E-state index >= 15 is 0 Å². The fourth-order valence-corrected chi connectivity index (χ4v) is 4.14. The molecule has 1 aromatic heterocycles. The van der Waals surface area contributed by atoms with Gasteiger partial charge in [-0.1, -0.05) is 0 Å². The quantitative estimate of drug-likeness (QED) is 0.218. The highest BCUT2D eigenvalue weighted by Gasteiger charge is 2.09. The van der Waals surface area contributed by atoms with E-state index < -0.39 is 0 Å². The number of guanidine groups is 1. The predicted molar refractivity (Wildman–Crippen MR) is 136 cm³/mol. The van der Waals surface area contributed by atoms with Crippen LogP contribution in [-0.4, -0.2) is 63.9 Å². The first-order valence-corrected chi connectivity index (χ1v) is 11.2. The fraction of sp³-hybridized carbons (Fsp3) is 0.500. The van der Waals surface area contributed by atoms with Crippen LogP contribution in [0.1, 0.15) is 18.2 Å². The number of rotatable bonds is 9. The molecular formula is C22H33IN4O2S. The molecule has 0 unspecified atom stereocenters. The molecule has 1 aliphatic heterocycles. The molecular weight excluding hydrogens is 511 g/mol. The summed E-state index contributed by atoms with van der Waals surface area (Å²) in [5, 5.41) is 6.79. The zero-order valence-electron chi connectivity index (χ0n) is 17.9. The van der Waals surface area contributed by atoms with Gasteiger partial charge in [0.25, 0.3) is 0 Å². The molecule has 0 amide bonds. The Kier molecular flexibility index (Phi) is 11.5. The Bertz CT molecular complexity index is 761. The van der Waals surface area contributed by atoms with Gasteiger partial charge in [0.05, 0.1) is 26.9 Å². The van der Waals surface area contributed by atoms with Crippen molar-refractivity contribution in [2.24, 2.45) is 4.99 Å². The van der Waals surface area contributed by atoms with Crippen molar-refractivity contribution in [1.29, 1.82) is 0 Å². The van der Waals surface area contributed by atoms with Gasteiger partial charge in [0.1, 0.15) is 5.75 Å². The van der Waals surface area contributed by atoms with Gasteiger partial charge in [0.2, 0.25) is 0 Å². The van der Waals surface area contributed by atoms with Gasteiger partial charge < -0.3 is 20.1 Å². The largest absolute Gasteiger partial charge is 0.497 e. The number of benzene rings is 1. The molecule has 1 fully saturated rings. The van der Waals surface area contributed by atoms with Gasteiger partial charge >= 0.3 is 0 Å². The van der Waals surface area contributed by atoms with Crippen LogP contribution in [0.3, 0.4) is 0 Å². The molecule has 0 atom stereocenters. The van der Waals surface area contributed by atoms with Crippen molar-refractivity contribution in [1.82, 2.24) is 15.5 Å². The molecule has 2 N–H and O–H groups in total. The molecule has 2 heterocycles. The highest BCUT2D eigenvalue weighted by atomic mass is 127. The number of aliphatic imine (C=N–C) groups is 1. The van der Waals surface area contributed by atoms with Crippen LogP contribution in [0.5, 0.6) is 5.75 Å². The summed E-state index contributed by atoms with van der Waals surface area (Å²) in [7, 11) is 1.69. The maximum absolute atomic E-state index is 5.40. The third kappa shape index (κ3) is 8.05. The normalized spacial score (nSPS) is 14.8. The summed E-state index contributed by atoms with van der Waals surface area (Å²) in [5.41, 5.74) is 1.21. The van der Waals surface area contributed by atoms with Crippen molar-refractivity contribution in [3.63, 3.8) is 0 Å². The third-order valence-electron chi connectivity index (χ3n) is 4.82. The molecule has 0 spiro atoms. The molecule has 30 heavy (non-hydrogen) atoms. The molecule has 6 nitrogen and oxygen atoms in total. The highest BCUT2D eigenvalue weighted by molar-refractivity contribution is 14.0. The van der Waals surface area contributed by atoms with E-state index in [1.807, 2.05) is 12.1 Å². The molecule has 1 saturated heterocycles. The lowest BCUT2D eigenvalue weighted by Crippen LogP contribution is -2.40. The second-order valence-electron chi connectivity index (χ2n) is 6.92. The van der Waals surface area contributed by atoms with E-state index in [0.717, 1.165) is 64.1 Å². The molecule has 3 rings (SSSR count). The van der Waals surface area contributed by atoms with Gasteiger partial charge in [0.15, 0.2) is 5.96 Å². The molecule has 0 aliphatic carbocycles. The number of nitrogens with zero attached hydrogens (tertiary/aromatic N) is 2. The number of morpholine rings is 1. The molecule has 8 heteroatoms. The molecule has 0 saturated carbocycles. The summed E-state index contributed by atoms with van der Waals surface area (Å²) < 4.78 is 10.6. The van der Waals surface area contributed by atoms with Crippen LogP contribution in [0.4, 0.5) is 0 Å². The Morgan fingerprint density at radius 2 is 1.90 bits per heavy atom. The van der Waals surface area contributed by atoms with Crippen LogP contribution in [0.25, 0.3) is 10.4 Å². The van der Waals surface area contributed by atoms with Crippen LogP contribution in [0.15, 0.2) is 41.4 Å². The Morgan fingerprint density at radius 1 is 1.13 bits per heavy atom. The fourth-order valence-electron chi connectivity index (χ4n) is 3.21. The van der Waals surface area contributed by atoms with E-state index in [-0.39, 0.29) is 24.0 Å². The summed E-state index contributed by atoms with van der Waals surface area (Å²) in [6.45, 7) is 9.46. The van der Waals surface area contributed by atoms with E-state index in [4.69, 9.17) is 14.5 Å². The summed E-state index contributed by atoms with van der Waals surface area (Å²) >= 11 is 1.78. The lowest BCUT2D eigenvalue weighted by Gasteiger charge is -2.26. The molecule has 0 bridgehead atoms. The van der Waals surface area contributed by atoms with E-state index in [1.54, 1.807) is 18.4 Å². The Balaban J connectivity index is 0.00000320. The molecule has 166 valence electrons. The van der Waals surface area contributed by atoms with Crippen LogP contribution in [0.2, 0.25) is 0 Å². The predicted octanol–water partition coefficient (Wildman–Crippen LogP) is 3.82. The minimum Gasteiger partial charge on any atom is -0.497 e. The average Bonchev–Trinajstić information content (AvgIpc) is 3.25. The second kappa shape index (κ2) is 13.8. The van der Waals surface area contributed by atoms with Gasteiger partial charge in [-0.15, -0.1) is 35.3 Å². The zero-order valence-corrected chi connectivity index (χ0v) is 21.0. The van der Waals surface area contributed by atoms with Crippen LogP contribution in [-0.2, 0) is 11.3 Å². The summed E-state index contributed by atoms with van der Waals surface area (Å²) in [6.07, 6.45) is 1.10. The van der Waals surface area contributed by atoms with Crippen LogP contribution >= 0.6 is 35.3 Å². The first kappa shape index (κ1) is 24.9. The number of ether oxygens (including phenoxy) is 2. The van der Waals surface area contributed by atoms with Gasteiger partial charge in [-0.25, -0.2) is 4.99 Å². The van der Waals surface area contributed by atoms with Crippen LogP contribution in [0, 0.1) is 0 Å². The standard InChI is InChI=1S/C22H32N4O2S.HI/c1-3-23-22(24-11-4-12-26-13-15-28-16-14-26)25-17-20-9-10-21(29-20)18-5-7-19(27-2)8-6-18;/h5-10H,3-4,11-17H2,1-2H3,(H2,23,24,25);1H. The average molecular weight is 545 g/mol. The molecule has 0 radical (unpaired) electrons. The van der Waals surface area contributed by atoms with E-state index in [0.29, 0.717) is 6.54 Å². The first-order valence-electron chi connectivity index (χ1n) is 10.3. The highest BCUT2D eigenvalue weighted by Crippen LogP contribution is 2.29. The van der Waals surface area contributed by atoms with Crippen molar-refractivity contribution in [2.45, 2.75) is 19.9 Å². The van der Waals surface area contributed by atoms with E-state index in [1.165, 1.54) is 15.3 Å². The van der Waals surface area contributed by atoms with Gasteiger partial charge in [0, 0.05) is 35.9 Å². The minimum absolute atomic E-state index is 0. The minimum atomic E-state index is 0. The number of nitrogens with one attached hydrogen (secondary N) is 2. The van der Waals surface area contributed by atoms with Gasteiger partial charge in [-0.2, -0.15) is 0 Å². The monoisotopic (exact) mass is 544 g/mol. The second-order valence-corrected chi connectivity index (χ2v) is 8.09. The number of thiophene rings is 1. The van der Waals surface area contributed by atoms with Crippen molar-refractivity contribution in [2.75, 3.05) is 53.0 Å². The maximum Gasteiger partial charge on any atom is 0.191 e. The smallest absolute Gasteiger partial charge is 0.191 e. The van der Waals surface area contributed by atoms with Gasteiger partial charge in [-0.3, -0.25) is 4.90 Å². The SMILES string of the molecule is CCNC(=NCc1ccc(-c2ccc(OC)cc2)s1)NCCCN1CCOCC1.I. The summed E-state index contributed by atoms with van der Waals surface area (Å²) in [6, 6.07) is 12.5. The first-order chi connectivity index (χ1) is 14.3. The Hall–Kier alpha value is -1.36. The molecule has 2 aromatic rings.